The van der Waals surface area contributed by atoms with Crippen molar-refractivity contribution in [2.45, 2.75) is 44.7 Å². The molecule has 19 heavy (non-hydrogen) atoms. The van der Waals surface area contributed by atoms with E-state index in [1.807, 2.05) is 17.5 Å². The van der Waals surface area contributed by atoms with E-state index in [-0.39, 0.29) is 0 Å². The van der Waals surface area contributed by atoms with Gasteiger partial charge in [0.1, 0.15) is 5.01 Å². The molecule has 0 radical (unpaired) electrons. The van der Waals surface area contributed by atoms with Crippen LogP contribution >= 0.6 is 11.3 Å². The Morgan fingerprint density at radius 2 is 2.05 bits per heavy atom. The topological polar surface area (TPSA) is 24.9 Å². The second kappa shape index (κ2) is 5.85. The minimum Gasteiger partial charge on any atom is -0.308 e. The van der Waals surface area contributed by atoms with Crippen LogP contribution in [0, 0.1) is 0 Å². The molecule has 0 amide bonds. The highest BCUT2D eigenvalue weighted by molar-refractivity contribution is 7.11. The van der Waals surface area contributed by atoms with Crippen LogP contribution in [0.15, 0.2) is 36.5 Å². The SMILES string of the molecule is CCc1cnc(CNC2CC(c3ccccc3)C2)s1. The van der Waals surface area contributed by atoms with Gasteiger partial charge in [0.05, 0.1) is 0 Å². The van der Waals surface area contributed by atoms with Gasteiger partial charge >= 0.3 is 0 Å². The van der Waals surface area contributed by atoms with Crippen molar-refractivity contribution in [1.29, 1.82) is 0 Å². The Morgan fingerprint density at radius 3 is 2.74 bits per heavy atom. The molecule has 1 aliphatic rings. The van der Waals surface area contributed by atoms with Crippen LogP contribution < -0.4 is 5.32 Å². The first-order valence-corrected chi connectivity index (χ1v) is 7.88. The van der Waals surface area contributed by atoms with Crippen molar-refractivity contribution in [3.8, 4) is 0 Å². The Labute approximate surface area is 118 Å². The molecule has 1 saturated carbocycles. The van der Waals surface area contributed by atoms with E-state index in [2.05, 4.69) is 47.6 Å². The molecule has 0 aliphatic heterocycles. The van der Waals surface area contributed by atoms with E-state index in [4.69, 9.17) is 0 Å². The normalized spacial score (nSPS) is 22.2. The number of rotatable bonds is 5. The van der Waals surface area contributed by atoms with Crippen molar-refractivity contribution in [3.05, 3.63) is 52.0 Å². The first-order chi connectivity index (χ1) is 9.35. The molecule has 0 bridgehead atoms. The second-order valence-electron chi connectivity index (χ2n) is 5.23. The van der Waals surface area contributed by atoms with E-state index in [1.165, 1.54) is 28.3 Å². The van der Waals surface area contributed by atoms with E-state index in [0.29, 0.717) is 6.04 Å². The lowest BCUT2D eigenvalue weighted by Gasteiger charge is -2.36. The van der Waals surface area contributed by atoms with Gasteiger partial charge in [-0.2, -0.15) is 0 Å². The Hall–Kier alpha value is -1.19. The van der Waals surface area contributed by atoms with E-state index >= 15 is 0 Å². The third kappa shape index (κ3) is 3.04. The second-order valence-corrected chi connectivity index (χ2v) is 6.43. The first kappa shape index (κ1) is 12.8. The molecule has 2 aromatic rings. The minimum absolute atomic E-state index is 0.666. The molecule has 1 fully saturated rings. The first-order valence-electron chi connectivity index (χ1n) is 7.07. The zero-order chi connectivity index (χ0) is 13.1. The van der Waals surface area contributed by atoms with Crippen molar-refractivity contribution >= 4 is 11.3 Å². The summed E-state index contributed by atoms with van der Waals surface area (Å²) in [7, 11) is 0. The van der Waals surface area contributed by atoms with Crippen LogP contribution in [-0.2, 0) is 13.0 Å². The van der Waals surface area contributed by atoms with Crippen LogP contribution in [0.25, 0.3) is 0 Å². The lowest BCUT2D eigenvalue weighted by Crippen LogP contribution is -2.39. The number of hydrogen-bond donors (Lipinski definition) is 1. The predicted octanol–water partition coefficient (Wildman–Crippen LogP) is 3.74. The summed E-state index contributed by atoms with van der Waals surface area (Å²) >= 11 is 1.83. The van der Waals surface area contributed by atoms with Crippen molar-refractivity contribution < 1.29 is 0 Å². The van der Waals surface area contributed by atoms with E-state index in [0.717, 1.165) is 18.9 Å². The van der Waals surface area contributed by atoms with E-state index in [9.17, 15) is 0 Å². The highest BCUT2D eigenvalue weighted by atomic mass is 32.1. The zero-order valence-corrected chi connectivity index (χ0v) is 12.1. The fraction of sp³-hybridized carbons (Fsp3) is 0.438. The summed E-state index contributed by atoms with van der Waals surface area (Å²) in [6.07, 6.45) is 5.62. The van der Waals surface area contributed by atoms with Gasteiger partial charge in [-0.05, 0) is 30.7 Å². The molecule has 0 atom stereocenters. The maximum atomic E-state index is 4.45. The molecule has 100 valence electrons. The van der Waals surface area contributed by atoms with Crippen molar-refractivity contribution in [2.75, 3.05) is 0 Å². The van der Waals surface area contributed by atoms with Crippen LogP contribution in [0.3, 0.4) is 0 Å². The third-order valence-corrected chi connectivity index (χ3v) is 5.04. The Bertz CT molecular complexity index is 515. The van der Waals surface area contributed by atoms with Gasteiger partial charge in [-0.25, -0.2) is 4.98 Å². The molecule has 1 aromatic heterocycles. The van der Waals surface area contributed by atoms with Crippen LogP contribution in [-0.4, -0.2) is 11.0 Å². The maximum absolute atomic E-state index is 4.45. The van der Waals surface area contributed by atoms with Gasteiger partial charge in [0, 0.05) is 23.7 Å². The molecule has 1 heterocycles. The fourth-order valence-electron chi connectivity index (χ4n) is 2.61. The Morgan fingerprint density at radius 1 is 1.26 bits per heavy atom. The Balaban J connectivity index is 1.44. The van der Waals surface area contributed by atoms with E-state index < -0.39 is 0 Å². The molecular formula is C16H20N2S. The molecule has 1 N–H and O–H groups in total. The summed E-state index contributed by atoms with van der Waals surface area (Å²) in [6, 6.07) is 11.5. The van der Waals surface area contributed by atoms with Crippen LogP contribution in [0.5, 0.6) is 0 Å². The summed E-state index contributed by atoms with van der Waals surface area (Å²) in [5, 5.41) is 4.84. The van der Waals surface area contributed by atoms with Crippen LogP contribution in [0.2, 0.25) is 0 Å². The summed E-state index contributed by atoms with van der Waals surface area (Å²) < 4.78 is 0. The van der Waals surface area contributed by atoms with Gasteiger partial charge < -0.3 is 5.32 Å². The minimum atomic E-state index is 0.666. The molecule has 0 unspecified atom stereocenters. The van der Waals surface area contributed by atoms with Gasteiger partial charge in [-0.3, -0.25) is 0 Å². The third-order valence-electron chi connectivity index (χ3n) is 3.90. The molecule has 1 aliphatic carbocycles. The fourth-order valence-corrected chi connectivity index (χ4v) is 3.42. The number of benzene rings is 1. The molecule has 0 saturated heterocycles. The summed E-state index contributed by atoms with van der Waals surface area (Å²) in [5.41, 5.74) is 1.49. The lowest BCUT2D eigenvalue weighted by molar-refractivity contribution is 0.289. The molecule has 2 nitrogen and oxygen atoms in total. The van der Waals surface area contributed by atoms with Gasteiger partial charge in [-0.15, -0.1) is 11.3 Å². The quantitative estimate of drug-likeness (QED) is 0.897. The average Bonchev–Trinajstić information content (AvgIpc) is 2.86. The van der Waals surface area contributed by atoms with Crippen molar-refractivity contribution in [1.82, 2.24) is 10.3 Å². The smallest absolute Gasteiger partial charge is 0.107 e. The van der Waals surface area contributed by atoms with Gasteiger partial charge in [0.15, 0.2) is 0 Å². The number of nitrogens with zero attached hydrogens (tertiary/aromatic N) is 1. The highest BCUT2D eigenvalue weighted by Crippen LogP contribution is 2.36. The molecular weight excluding hydrogens is 252 g/mol. The van der Waals surface area contributed by atoms with Crippen molar-refractivity contribution in [2.24, 2.45) is 0 Å². The molecule has 0 spiro atoms. The number of nitrogens with one attached hydrogen (secondary N) is 1. The average molecular weight is 272 g/mol. The largest absolute Gasteiger partial charge is 0.308 e. The highest BCUT2D eigenvalue weighted by Gasteiger charge is 2.29. The number of hydrogen-bond acceptors (Lipinski definition) is 3. The maximum Gasteiger partial charge on any atom is 0.107 e. The van der Waals surface area contributed by atoms with E-state index in [1.54, 1.807) is 0 Å². The summed E-state index contributed by atoms with van der Waals surface area (Å²) in [4.78, 5) is 5.83. The summed E-state index contributed by atoms with van der Waals surface area (Å²) in [5.74, 6) is 0.751. The number of aryl methyl sites for hydroxylation is 1. The summed E-state index contributed by atoms with van der Waals surface area (Å²) in [6.45, 7) is 3.11. The Kier molecular flexibility index (Phi) is 3.95. The van der Waals surface area contributed by atoms with Crippen molar-refractivity contribution in [3.63, 3.8) is 0 Å². The number of thiazole rings is 1. The zero-order valence-electron chi connectivity index (χ0n) is 11.3. The van der Waals surface area contributed by atoms with Gasteiger partial charge in [0.25, 0.3) is 0 Å². The standard InChI is InChI=1S/C16H20N2S/c1-2-15-10-18-16(19-15)11-17-14-8-13(9-14)12-6-4-3-5-7-12/h3-7,10,13-14,17H,2,8-9,11H2,1H3. The van der Waals surface area contributed by atoms with Gasteiger partial charge in [-0.1, -0.05) is 37.3 Å². The molecule has 3 rings (SSSR count). The lowest BCUT2D eigenvalue weighted by atomic mass is 9.76. The monoisotopic (exact) mass is 272 g/mol. The number of aromatic nitrogens is 1. The molecule has 3 heteroatoms. The van der Waals surface area contributed by atoms with Crippen LogP contribution in [0.1, 0.15) is 41.1 Å². The predicted molar refractivity (Wildman–Crippen MR) is 80.5 cm³/mol. The van der Waals surface area contributed by atoms with Gasteiger partial charge in [0.2, 0.25) is 0 Å². The molecule has 1 aromatic carbocycles. The van der Waals surface area contributed by atoms with Crippen LogP contribution in [0.4, 0.5) is 0 Å².